The molecule has 0 fully saturated rings. The Bertz CT molecular complexity index is 1560. The van der Waals surface area contributed by atoms with E-state index in [4.69, 9.17) is 0 Å². The topological polar surface area (TPSA) is 81.8 Å². The molecule has 0 aliphatic heterocycles. The molecule has 5 rings (SSSR count). The van der Waals surface area contributed by atoms with Gasteiger partial charge in [-0.25, -0.2) is 4.68 Å². The van der Waals surface area contributed by atoms with Crippen LogP contribution in [-0.4, -0.2) is 25.5 Å². The normalized spacial score (nSPS) is 11.2. The average molecular weight is 438 g/mol. The van der Waals surface area contributed by atoms with E-state index in [-0.39, 0.29) is 17.9 Å². The number of hydrogen-bond donors (Lipinski definition) is 1. The lowest BCUT2D eigenvalue weighted by Crippen LogP contribution is -2.19. The van der Waals surface area contributed by atoms with E-state index in [0.29, 0.717) is 23.0 Å². The van der Waals surface area contributed by atoms with Crippen molar-refractivity contribution in [2.24, 2.45) is 0 Å². The molecule has 1 amide bonds. The summed E-state index contributed by atoms with van der Waals surface area (Å²) in [6, 6.07) is 21.1. The minimum atomic E-state index is -0.171. The highest BCUT2D eigenvalue weighted by Crippen LogP contribution is 2.21. The van der Waals surface area contributed by atoms with Crippen LogP contribution in [0.1, 0.15) is 16.8 Å². The van der Waals surface area contributed by atoms with Crippen LogP contribution in [0.4, 0.5) is 5.69 Å². The standard InChI is InChI=1S/C26H23N5O2/c1-17-11-12-24-21(13-17)26(33)20-8-4-6-10-23(20)31(24)15-19-14-30(29-28-19)16-25(32)27-22-9-5-3-7-18(22)2/h3-14H,15-16H2,1-2H3,(H,27,32). The van der Waals surface area contributed by atoms with E-state index in [2.05, 4.69) is 20.2 Å². The van der Waals surface area contributed by atoms with Gasteiger partial charge in [0.05, 0.1) is 23.8 Å². The highest BCUT2D eigenvalue weighted by atomic mass is 16.2. The third-order valence-corrected chi connectivity index (χ3v) is 5.76. The van der Waals surface area contributed by atoms with E-state index in [1.54, 1.807) is 6.20 Å². The number of hydrogen-bond acceptors (Lipinski definition) is 4. The lowest BCUT2D eigenvalue weighted by Gasteiger charge is -2.14. The molecule has 0 aliphatic rings. The van der Waals surface area contributed by atoms with Gasteiger partial charge in [-0.2, -0.15) is 0 Å². The molecular weight excluding hydrogens is 414 g/mol. The van der Waals surface area contributed by atoms with E-state index < -0.39 is 0 Å². The van der Waals surface area contributed by atoms with Gasteiger partial charge in [0.25, 0.3) is 0 Å². The number of amides is 1. The minimum Gasteiger partial charge on any atom is -0.334 e. The Morgan fingerprint density at radius 2 is 1.70 bits per heavy atom. The van der Waals surface area contributed by atoms with Crippen LogP contribution < -0.4 is 10.7 Å². The van der Waals surface area contributed by atoms with Gasteiger partial charge in [-0.15, -0.1) is 5.10 Å². The Labute approximate surface area is 190 Å². The summed E-state index contributed by atoms with van der Waals surface area (Å²) in [6.45, 7) is 4.42. The van der Waals surface area contributed by atoms with Crippen LogP contribution in [0.5, 0.6) is 0 Å². The molecule has 2 heterocycles. The second-order valence-corrected chi connectivity index (χ2v) is 8.22. The van der Waals surface area contributed by atoms with Crippen LogP contribution in [-0.2, 0) is 17.9 Å². The molecular formula is C26H23N5O2. The fourth-order valence-electron chi connectivity index (χ4n) is 4.11. The fourth-order valence-corrected chi connectivity index (χ4v) is 4.11. The summed E-state index contributed by atoms with van der Waals surface area (Å²) in [5.74, 6) is -0.171. The Hall–Kier alpha value is -4.26. The van der Waals surface area contributed by atoms with Gasteiger partial charge >= 0.3 is 0 Å². The first kappa shape index (κ1) is 20.6. The van der Waals surface area contributed by atoms with Gasteiger partial charge in [0.15, 0.2) is 5.43 Å². The number of carbonyl (C=O) groups is 1. The highest BCUT2D eigenvalue weighted by molar-refractivity contribution is 5.94. The second-order valence-electron chi connectivity index (χ2n) is 8.22. The van der Waals surface area contributed by atoms with Gasteiger partial charge in [0.2, 0.25) is 5.91 Å². The Morgan fingerprint density at radius 3 is 2.55 bits per heavy atom. The summed E-state index contributed by atoms with van der Waals surface area (Å²) in [7, 11) is 0. The molecule has 3 aromatic carbocycles. The van der Waals surface area contributed by atoms with Gasteiger partial charge in [0.1, 0.15) is 12.2 Å². The van der Waals surface area contributed by atoms with Crippen LogP contribution in [0, 0.1) is 13.8 Å². The first-order chi connectivity index (χ1) is 16.0. The third-order valence-electron chi connectivity index (χ3n) is 5.76. The van der Waals surface area contributed by atoms with E-state index in [0.717, 1.165) is 27.8 Å². The predicted molar refractivity (Wildman–Crippen MR) is 129 cm³/mol. The van der Waals surface area contributed by atoms with Crippen LogP contribution in [0.3, 0.4) is 0 Å². The fraction of sp³-hybridized carbons (Fsp3) is 0.154. The molecule has 0 radical (unpaired) electrons. The summed E-state index contributed by atoms with van der Waals surface area (Å²) >= 11 is 0. The molecule has 0 saturated carbocycles. The first-order valence-corrected chi connectivity index (χ1v) is 10.8. The first-order valence-electron chi connectivity index (χ1n) is 10.8. The molecule has 0 aliphatic carbocycles. The second kappa shape index (κ2) is 8.35. The highest BCUT2D eigenvalue weighted by Gasteiger charge is 2.13. The van der Waals surface area contributed by atoms with Gasteiger partial charge < -0.3 is 9.88 Å². The van der Waals surface area contributed by atoms with Crippen molar-refractivity contribution in [1.29, 1.82) is 0 Å². The van der Waals surface area contributed by atoms with Crippen molar-refractivity contribution >= 4 is 33.4 Å². The Balaban J connectivity index is 1.45. The lowest BCUT2D eigenvalue weighted by atomic mass is 10.1. The third kappa shape index (κ3) is 4.01. The van der Waals surface area contributed by atoms with E-state index in [9.17, 15) is 9.59 Å². The zero-order chi connectivity index (χ0) is 22.9. The SMILES string of the molecule is Cc1ccc2c(c1)c(=O)c1ccccc1n2Cc1cn(CC(=O)Nc2ccccc2C)nn1. The van der Waals surface area contributed by atoms with Gasteiger partial charge in [-0.05, 0) is 49.7 Å². The molecule has 5 aromatic rings. The summed E-state index contributed by atoms with van der Waals surface area (Å²) in [4.78, 5) is 25.5. The van der Waals surface area contributed by atoms with Crippen LogP contribution in [0.15, 0.2) is 77.7 Å². The minimum absolute atomic E-state index is 0.0251. The molecule has 164 valence electrons. The number of anilines is 1. The monoisotopic (exact) mass is 437 g/mol. The number of benzene rings is 3. The van der Waals surface area contributed by atoms with Crippen molar-refractivity contribution in [1.82, 2.24) is 19.6 Å². The zero-order valence-electron chi connectivity index (χ0n) is 18.4. The maximum atomic E-state index is 13.1. The number of carbonyl (C=O) groups excluding carboxylic acids is 1. The summed E-state index contributed by atoms with van der Waals surface area (Å²) in [6.07, 6.45) is 1.77. The Kier molecular flexibility index (Phi) is 5.22. The largest absolute Gasteiger partial charge is 0.334 e. The number of rotatable bonds is 5. The maximum absolute atomic E-state index is 13.1. The summed E-state index contributed by atoms with van der Waals surface area (Å²) in [5.41, 5.74) is 5.22. The quantitative estimate of drug-likeness (QED) is 0.421. The van der Waals surface area contributed by atoms with Gasteiger partial charge in [0, 0.05) is 16.5 Å². The van der Waals surface area contributed by atoms with Crippen LogP contribution in [0.2, 0.25) is 0 Å². The van der Waals surface area contributed by atoms with E-state index >= 15 is 0 Å². The smallest absolute Gasteiger partial charge is 0.246 e. The zero-order valence-corrected chi connectivity index (χ0v) is 18.4. The Morgan fingerprint density at radius 1 is 0.939 bits per heavy atom. The predicted octanol–water partition coefficient (Wildman–Crippen LogP) is 4.05. The molecule has 7 heteroatoms. The number of aryl methyl sites for hydroxylation is 2. The number of aromatic nitrogens is 4. The summed E-state index contributed by atoms with van der Waals surface area (Å²) < 4.78 is 3.60. The average Bonchev–Trinajstić information content (AvgIpc) is 3.25. The van der Waals surface area contributed by atoms with Gasteiger partial charge in [-0.1, -0.05) is 47.2 Å². The van der Waals surface area contributed by atoms with Crippen LogP contribution in [0.25, 0.3) is 21.8 Å². The number of para-hydroxylation sites is 2. The maximum Gasteiger partial charge on any atom is 0.246 e. The molecule has 0 bridgehead atoms. The molecule has 0 unspecified atom stereocenters. The van der Waals surface area contributed by atoms with Crippen molar-refractivity contribution in [2.75, 3.05) is 5.32 Å². The number of nitrogens with zero attached hydrogens (tertiary/aromatic N) is 4. The van der Waals surface area contributed by atoms with E-state index in [1.165, 1.54) is 4.68 Å². The van der Waals surface area contributed by atoms with Crippen molar-refractivity contribution in [3.63, 3.8) is 0 Å². The number of pyridine rings is 1. The lowest BCUT2D eigenvalue weighted by molar-refractivity contribution is -0.116. The molecule has 1 N–H and O–H groups in total. The van der Waals surface area contributed by atoms with Crippen molar-refractivity contribution in [2.45, 2.75) is 26.9 Å². The molecule has 2 aromatic heterocycles. The van der Waals surface area contributed by atoms with Crippen molar-refractivity contribution < 1.29 is 4.79 Å². The summed E-state index contributed by atoms with van der Waals surface area (Å²) in [5, 5.41) is 12.7. The van der Waals surface area contributed by atoms with Crippen molar-refractivity contribution in [3.8, 4) is 0 Å². The van der Waals surface area contributed by atoms with E-state index in [1.807, 2.05) is 80.6 Å². The molecule has 7 nitrogen and oxygen atoms in total. The molecule has 33 heavy (non-hydrogen) atoms. The molecule has 0 saturated heterocycles. The number of fused-ring (bicyclic) bond motifs is 2. The van der Waals surface area contributed by atoms with Gasteiger partial charge in [-0.3, -0.25) is 9.59 Å². The number of nitrogens with one attached hydrogen (secondary N) is 1. The molecule has 0 atom stereocenters. The molecule has 0 spiro atoms. The van der Waals surface area contributed by atoms with Crippen LogP contribution >= 0.6 is 0 Å². The van der Waals surface area contributed by atoms with Crippen molar-refractivity contribution in [3.05, 3.63) is 100.0 Å².